The Morgan fingerprint density at radius 1 is 1.02 bits per heavy atom. The first-order valence-corrected chi connectivity index (χ1v) is 19.1. The topological polar surface area (TPSA) is 201 Å². The third-order valence-electron chi connectivity index (χ3n) is 8.86. The molecule has 0 aliphatic heterocycles. The van der Waals surface area contributed by atoms with Gasteiger partial charge in [0.1, 0.15) is 18.5 Å². The number of ether oxygens (including phenoxy) is 2. The van der Waals surface area contributed by atoms with Crippen molar-refractivity contribution in [1.29, 1.82) is 0 Å². The third-order valence-corrected chi connectivity index (χ3v) is 8.86. The van der Waals surface area contributed by atoms with Gasteiger partial charge in [0.05, 0.1) is 43.1 Å². The van der Waals surface area contributed by atoms with Crippen LogP contribution in [0.3, 0.4) is 0 Å². The molecule has 1 amide bonds. The first kappa shape index (κ1) is 46.7. The van der Waals surface area contributed by atoms with Crippen molar-refractivity contribution in [1.82, 2.24) is 4.57 Å². The average molecular weight is 809 g/mol. The van der Waals surface area contributed by atoms with Gasteiger partial charge in [0.25, 0.3) is 11.0 Å². The van der Waals surface area contributed by atoms with Gasteiger partial charge in [-0.2, -0.15) is 0 Å². The molecule has 2 aromatic carbocycles. The number of carbonyl (C=O) groups is 2. The van der Waals surface area contributed by atoms with Crippen molar-refractivity contribution in [2.75, 3.05) is 31.7 Å². The second kappa shape index (κ2) is 24.8. The van der Waals surface area contributed by atoms with Gasteiger partial charge in [-0.1, -0.05) is 62.9 Å². The van der Waals surface area contributed by atoms with Crippen LogP contribution in [0, 0.1) is 20.8 Å². The molecule has 0 bridgehead atoms. The van der Waals surface area contributed by atoms with E-state index in [1.54, 1.807) is 36.4 Å². The number of allylic oxidation sites excluding steroid dienone is 5. The summed E-state index contributed by atoms with van der Waals surface area (Å²) in [5, 5.41) is 37.2. The van der Waals surface area contributed by atoms with E-state index in [0.717, 1.165) is 0 Å². The standard InChI is InChI=1S/C42H53FN4O11/c1-5-12-30(13-6-2)38-39(42(51)44-33-14-8-7-9-15-33)40(29(3)4)46(41(38)31-16-18-32(43)19-17-31)22-20-34(48)26-35(49)27-37(50)56-25-21-36(58-47(53)54)28-55-23-10-11-24-57-45-52/h5-9,12-19,29,34-36,48-49H,1,10-11,20-28H2,2-4H3,(H,44,51)/b13-6-,30-12+/t34?,35-,36?/m1/s1. The predicted octanol–water partition coefficient (Wildman–Crippen LogP) is 7.71. The Morgan fingerprint density at radius 3 is 2.36 bits per heavy atom. The molecule has 3 aromatic rings. The number of esters is 1. The molecule has 58 heavy (non-hydrogen) atoms. The SMILES string of the molecule is C=C/C=C(\C=C/C)c1c(C(=O)Nc2ccccc2)c(C(C)C)n(CCC(O)C[C@@H](O)CC(=O)OCCC(COCCCCON=O)O[N+](=O)[O-])c1-c1ccc(F)cc1. The minimum atomic E-state index is -1.28. The number of hydrogen-bond donors (Lipinski definition) is 3. The number of hydrogen-bond acceptors (Lipinski definition) is 12. The van der Waals surface area contributed by atoms with E-state index in [1.807, 2.05) is 55.7 Å². The van der Waals surface area contributed by atoms with Gasteiger partial charge in [0.2, 0.25) is 0 Å². The number of nitrogens with one attached hydrogen (secondary N) is 1. The van der Waals surface area contributed by atoms with Crippen molar-refractivity contribution >= 4 is 23.1 Å². The molecule has 0 radical (unpaired) electrons. The number of aliphatic hydroxyl groups is 2. The molecule has 0 saturated heterocycles. The van der Waals surface area contributed by atoms with E-state index in [1.165, 1.54) is 12.1 Å². The van der Waals surface area contributed by atoms with E-state index < -0.39 is 41.6 Å². The highest BCUT2D eigenvalue weighted by molar-refractivity contribution is 6.11. The van der Waals surface area contributed by atoms with E-state index in [9.17, 15) is 39.2 Å². The number of rotatable bonds is 27. The summed E-state index contributed by atoms with van der Waals surface area (Å²) in [4.78, 5) is 56.7. The Kier molecular flexibility index (Phi) is 20.0. The number of amides is 1. The van der Waals surface area contributed by atoms with Crippen LogP contribution in [0.15, 0.2) is 90.8 Å². The summed E-state index contributed by atoms with van der Waals surface area (Å²) in [5.41, 5.74) is 4.19. The molecule has 2 unspecified atom stereocenters. The van der Waals surface area contributed by atoms with Crippen LogP contribution in [0.5, 0.6) is 0 Å². The average Bonchev–Trinajstić information content (AvgIpc) is 3.52. The minimum Gasteiger partial charge on any atom is -0.466 e. The lowest BCUT2D eigenvalue weighted by atomic mass is 9.93. The number of unbranched alkanes of at least 4 members (excludes halogenated alkanes) is 1. The van der Waals surface area contributed by atoms with Gasteiger partial charge in [-0.15, -0.1) is 15.0 Å². The number of anilines is 1. The zero-order chi connectivity index (χ0) is 42.5. The van der Waals surface area contributed by atoms with Crippen LogP contribution >= 0.6 is 0 Å². The van der Waals surface area contributed by atoms with Crippen LogP contribution in [0.1, 0.15) is 86.8 Å². The van der Waals surface area contributed by atoms with E-state index in [4.69, 9.17) is 9.47 Å². The molecule has 0 aliphatic carbocycles. The summed E-state index contributed by atoms with van der Waals surface area (Å²) in [6.45, 7) is 9.78. The number of halogens is 1. The summed E-state index contributed by atoms with van der Waals surface area (Å²) >= 11 is 0. The highest BCUT2D eigenvalue weighted by Gasteiger charge is 2.31. The maximum Gasteiger partial charge on any atom is 0.308 e. The van der Waals surface area contributed by atoms with E-state index in [0.29, 0.717) is 52.2 Å². The second-order valence-electron chi connectivity index (χ2n) is 13.7. The van der Waals surface area contributed by atoms with Gasteiger partial charge >= 0.3 is 5.97 Å². The molecule has 3 rings (SSSR count). The van der Waals surface area contributed by atoms with E-state index >= 15 is 0 Å². The molecule has 0 saturated carbocycles. The summed E-state index contributed by atoms with van der Waals surface area (Å²) < 4.78 is 26.8. The normalized spacial score (nSPS) is 13.2. The van der Waals surface area contributed by atoms with Crippen molar-refractivity contribution in [3.63, 3.8) is 0 Å². The molecular formula is C42H53FN4O11. The number of aromatic nitrogens is 1. The number of aliphatic hydroxyl groups excluding tert-OH is 2. The summed E-state index contributed by atoms with van der Waals surface area (Å²) in [6, 6.07) is 15.0. The number of nitrogens with zero attached hydrogens (tertiary/aromatic N) is 3. The largest absolute Gasteiger partial charge is 0.466 e. The third kappa shape index (κ3) is 15.0. The summed E-state index contributed by atoms with van der Waals surface area (Å²) in [5.74, 6) is -1.78. The molecule has 0 aliphatic rings. The molecule has 0 fully saturated rings. The van der Waals surface area contributed by atoms with Gasteiger partial charge in [-0.05, 0) is 86.1 Å². The van der Waals surface area contributed by atoms with Crippen LogP contribution < -0.4 is 5.32 Å². The molecule has 1 heterocycles. The maximum atomic E-state index is 14.3. The van der Waals surface area contributed by atoms with E-state index in [-0.39, 0.29) is 64.1 Å². The molecule has 3 N–H and O–H groups in total. The zero-order valence-electron chi connectivity index (χ0n) is 33.1. The smallest absolute Gasteiger partial charge is 0.308 e. The molecule has 1 aromatic heterocycles. The first-order valence-electron chi connectivity index (χ1n) is 19.1. The van der Waals surface area contributed by atoms with Crippen molar-refractivity contribution in [2.24, 2.45) is 5.34 Å². The Balaban J connectivity index is 1.79. The fraction of sp³-hybridized carbons (Fsp3) is 0.429. The van der Waals surface area contributed by atoms with Gasteiger partial charge in [-0.3, -0.25) is 9.59 Å². The first-order chi connectivity index (χ1) is 27.9. The predicted molar refractivity (Wildman–Crippen MR) is 216 cm³/mol. The molecule has 314 valence electrons. The number of benzene rings is 2. The van der Waals surface area contributed by atoms with Crippen LogP contribution in [-0.2, 0) is 30.5 Å². The van der Waals surface area contributed by atoms with Crippen LogP contribution in [0.2, 0.25) is 0 Å². The van der Waals surface area contributed by atoms with Gasteiger partial charge < -0.3 is 39.2 Å². The highest BCUT2D eigenvalue weighted by Crippen LogP contribution is 2.41. The maximum absolute atomic E-state index is 14.3. The molecule has 16 heteroatoms. The highest BCUT2D eigenvalue weighted by atomic mass is 19.1. The lowest BCUT2D eigenvalue weighted by Gasteiger charge is -2.20. The number of carbonyl (C=O) groups excluding carboxylic acids is 2. The monoisotopic (exact) mass is 808 g/mol. The van der Waals surface area contributed by atoms with E-state index in [2.05, 4.69) is 26.9 Å². The van der Waals surface area contributed by atoms with Gasteiger partial charge in [0.15, 0.2) is 5.34 Å². The fourth-order valence-electron chi connectivity index (χ4n) is 6.39. The quantitative estimate of drug-likeness (QED) is 0.0170. The van der Waals surface area contributed by atoms with Crippen LogP contribution in [-0.4, -0.2) is 76.5 Å². The van der Waals surface area contributed by atoms with Gasteiger partial charge in [-0.25, -0.2) is 4.39 Å². The van der Waals surface area contributed by atoms with Gasteiger partial charge in [0, 0.05) is 36.5 Å². The Hall–Kier alpha value is -5.71. The van der Waals surface area contributed by atoms with Crippen molar-refractivity contribution in [3.05, 3.63) is 123 Å². The zero-order valence-corrected chi connectivity index (χ0v) is 33.1. The molecular weight excluding hydrogens is 755 g/mol. The summed E-state index contributed by atoms with van der Waals surface area (Å²) in [6.07, 6.45) is 4.17. The molecule has 0 spiro atoms. The van der Waals surface area contributed by atoms with Crippen molar-refractivity contribution in [2.45, 2.75) is 90.1 Å². The Labute approximate surface area is 337 Å². The molecule has 15 nitrogen and oxygen atoms in total. The minimum absolute atomic E-state index is 0.0554. The summed E-state index contributed by atoms with van der Waals surface area (Å²) in [7, 11) is 0. The van der Waals surface area contributed by atoms with Crippen molar-refractivity contribution in [3.8, 4) is 11.3 Å². The van der Waals surface area contributed by atoms with Crippen LogP contribution in [0.25, 0.3) is 16.8 Å². The van der Waals surface area contributed by atoms with Crippen LogP contribution in [0.4, 0.5) is 10.1 Å². The second-order valence-corrected chi connectivity index (χ2v) is 13.7. The molecule has 3 atom stereocenters. The number of para-hydroxylation sites is 1. The fourth-order valence-corrected chi connectivity index (χ4v) is 6.39. The lowest BCUT2D eigenvalue weighted by molar-refractivity contribution is -0.769. The van der Waals surface area contributed by atoms with Crippen molar-refractivity contribution < 1.29 is 48.4 Å². The Bertz CT molecular complexity index is 1850. The Morgan fingerprint density at radius 2 is 1.72 bits per heavy atom. The lowest BCUT2D eigenvalue weighted by Crippen LogP contribution is -2.27.